The minimum atomic E-state index is -0.482. The Morgan fingerprint density at radius 1 is 1.14 bits per heavy atom. The third-order valence-corrected chi connectivity index (χ3v) is 8.74. The maximum atomic E-state index is 13.4. The second-order valence-corrected chi connectivity index (χ2v) is 8.77. The SMILES string of the molecule is O[C@]12[C@@H]3[C@@H]4[C@@H]5C[C@H]6[C@H]4[C@@H]3[C@@H]([C@@H]6[C@@H]51)N2CCc1cccc(F)c1. The van der Waals surface area contributed by atoms with Gasteiger partial charge in [0.2, 0.25) is 0 Å². The number of hydrogen-bond acceptors (Lipinski definition) is 2. The molecule has 0 amide bonds. The Morgan fingerprint density at radius 3 is 2.91 bits per heavy atom. The Kier molecular flexibility index (Phi) is 1.66. The summed E-state index contributed by atoms with van der Waals surface area (Å²) in [6, 6.07) is 7.62. The van der Waals surface area contributed by atoms with Gasteiger partial charge in [-0.3, -0.25) is 4.90 Å². The van der Waals surface area contributed by atoms with Crippen LogP contribution in [0.5, 0.6) is 0 Å². The maximum absolute atomic E-state index is 13.4. The maximum Gasteiger partial charge on any atom is 0.125 e. The molecule has 2 saturated heterocycles. The van der Waals surface area contributed by atoms with E-state index in [2.05, 4.69) is 4.90 Å². The number of rotatable bonds is 3. The summed E-state index contributed by atoms with van der Waals surface area (Å²) in [6.45, 7) is 0.906. The zero-order valence-corrected chi connectivity index (χ0v) is 12.4. The van der Waals surface area contributed by atoms with Crippen LogP contribution < -0.4 is 0 Å². The van der Waals surface area contributed by atoms with Crippen molar-refractivity contribution in [2.75, 3.05) is 6.54 Å². The van der Waals surface area contributed by atoms with Gasteiger partial charge < -0.3 is 5.11 Å². The van der Waals surface area contributed by atoms with E-state index in [1.165, 1.54) is 12.5 Å². The lowest BCUT2D eigenvalue weighted by molar-refractivity contribution is -0.130. The van der Waals surface area contributed by atoms with Crippen molar-refractivity contribution in [2.24, 2.45) is 47.3 Å². The first-order chi connectivity index (χ1) is 10.7. The average Bonchev–Trinajstić information content (AvgIpc) is 3.09. The van der Waals surface area contributed by atoms with Gasteiger partial charge in [0.05, 0.1) is 0 Å². The summed E-state index contributed by atoms with van der Waals surface area (Å²) in [5.74, 6) is 6.25. The second-order valence-electron chi connectivity index (χ2n) is 8.77. The summed E-state index contributed by atoms with van der Waals surface area (Å²) < 4.78 is 13.4. The Hall–Kier alpha value is -0.930. The molecular weight excluding hydrogens is 277 g/mol. The van der Waals surface area contributed by atoms with Crippen LogP contribution >= 0.6 is 0 Å². The fourth-order valence-electron chi connectivity index (χ4n) is 8.81. The van der Waals surface area contributed by atoms with Crippen molar-refractivity contribution < 1.29 is 9.50 Å². The van der Waals surface area contributed by atoms with E-state index in [0.29, 0.717) is 17.9 Å². The van der Waals surface area contributed by atoms with Crippen LogP contribution in [0.4, 0.5) is 4.39 Å². The molecule has 1 aromatic rings. The molecular formula is C19H20FNO. The Balaban J connectivity index is 1.25. The smallest absolute Gasteiger partial charge is 0.125 e. The molecule has 2 heterocycles. The summed E-state index contributed by atoms with van der Waals surface area (Å²) in [4.78, 5) is 2.48. The lowest BCUT2D eigenvalue weighted by Crippen LogP contribution is -2.51. The lowest BCUT2D eigenvalue weighted by Gasteiger charge is -2.45. The third-order valence-electron chi connectivity index (χ3n) is 8.74. The predicted molar refractivity (Wildman–Crippen MR) is 78.1 cm³/mol. The molecule has 7 fully saturated rings. The second kappa shape index (κ2) is 3.16. The van der Waals surface area contributed by atoms with E-state index in [0.717, 1.165) is 54.0 Å². The molecule has 1 N–H and O–H groups in total. The first-order valence-electron chi connectivity index (χ1n) is 8.95. The first kappa shape index (κ1) is 11.6. The Morgan fingerprint density at radius 2 is 2.05 bits per heavy atom. The molecule has 7 aliphatic rings. The van der Waals surface area contributed by atoms with Crippen molar-refractivity contribution in [2.45, 2.75) is 24.6 Å². The van der Waals surface area contributed by atoms with E-state index in [-0.39, 0.29) is 5.82 Å². The highest BCUT2D eigenvalue weighted by atomic mass is 19.1. The van der Waals surface area contributed by atoms with Crippen LogP contribution in [0, 0.1) is 53.2 Å². The quantitative estimate of drug-likeness (QED) is 0.924. The molecule has 8 rings (SSSR count). The molecule has 0 radical (unpaired) electrons. The number of benzene rings is 1. The Labute approximate surface area is 129 Å². The Bertz CT molecular complexity index is 721. The van der Waals surface area contributed by atoms with E-state index >= 15 is 0 Å². The van der Waals surface area contributed by atoms with Crippen LogP contribution in [0.3, 0.4) is 0 Å². The molecule has 5 saturated carbocycles. The van der Waals surface area contributed by atoms with E-state index in [9.17, 15) is 9.50 Å². The van der Waals surface area contributed by atoms with Crippen LogP contribution in [0.1, 0.15) is 12.0 Å². The van der Waals surface area contributed by atoms with Crippen molar-refractivity contribution in [3.05, 3.63) is 35.6 Å². The van der Waals surface area contributed by atoms with Crippen LogP contribution in [-0.2, 0) is 6.42 Å². The van der Waals surface area contributed by atoms with Crippen molar-refractivity contribution in [1.82, 2.24) is 4.90 Å². The van der Waals surface area contributed by atoms with E-state index < -0.39 is 5.72 Å². The summed E-state index contributed by atoms with van der Waals surface area (Å²) in [5.41, 5.74) is 0.580. The summed E-state index contributed by atoms with van der Waals surface area (Å²) >= 11 is 0. The highest BCUT2D eigenvalue weighted by Gasteiger charge is 2.93. The third kappa shape index (κ3) is 0.881. The van der Waals surface area contributed by atoms with Gasteiger partial charge >= 0.3 is 0 Å². The zero-order chi connectivity index (χ0) is 14.4. The van der Waals surface area contributed by atoms with Crippen LogP contribution in [0.15, 0.2) is 24.3 Å². The molecule has 3 heteroatoms. The summed E-state index contributed by atoms with van der Waals surface area (Å²) in [7, 11) is 0. The topological polar surface area (TPSA) is 23.5 Å². The van der Waals surface area contributed by atoms with Gasteiger partial charge in [-0.1, -0.05) is 12.1 Å². The number of aliphatic hydroxyl groups is 1. The average molecular weight is 297 g/mol. The first-order valence-corrected chi connectivity index (χ1v) is 8.95. The molecule has 10 atom stereocenters. The highest BCUT2D eigenvalue weighted by molar-refractivity contribution is 5.40. The molecule has 0 aromatic heterocycles. The predicted octanol–water partition coefficient (Wildman–Crippen LogP) is 2.13. The largest absolute Gasteiger partial charge is 0.375 e. The van der Waals surface area contributed by atoms with Crippen LogP contribution in [0.2, 0.25) is 0 Å². The monoisotopic (exact) mass is 297 g/mol. The van der Waals surface area contributed by atoms with Crippen LogP contribution in [0.25, 0.3) is 0 Å². The molecule has 5 aliphatic carbocycles. The van der Waals surface area contributed by atoms with Gasteiger partial charge in [0.25, 0.3) is 0 Å². The molecule has 22 heavy (non-hydrogen) atoms. The van der Waals surface area contributed by atoms with E-state index in [4.69, 9.17) is 0 Å². The lowest BCUT2D eigenvalue weighted by atomic mass is 9.59. The molecule has 2 aliphatic heterocycles. The van der Waals surface area contributed by atoms with Crippen molar-refractivity contribution in [1.29, 1.82) is 0 Å². The fraction of sp³-hybridized carbons (Fsp3) is 0.684. The molecule has 1 aromatic carbocycles. The van der Waals surface area contributed by atoms with Gasteiger partial charge in [-0.15, -0.1) is 0 Å². The van der Waals surface area contributed by atoms with E-state index in [1.54, 1.807) is 12.1 Å². The minimum Gasteiger partial charge on any atom is -0.375 e. The van der Waals surface area contributed by atoms with Gasteiger partial charge in [-0.05, 0) is 66.0 Å². The van der Waals surface area contributed by atoms with Gasteiger partial charge in [0.1, 0.15) is 11.5 Å². The van der Waals surface area contributed by atoms with Crippen molar-refractivity contribution >= 4 is 0 Å². The van der Waals surface area contributed by atoms with Gasteiger partial charge in [-0.25, -0.2) is 4.39 Å². The minimum absolute atomic E-state index is 0.147. The molecule has 4 bridgehead atoms. The van der Waals surface area contributed by atoms with Crippen LogP contribution in [-0.4, -0.2) is 28.3 Å². The standard InChI is InChI=1S/C19H20FNO/c20-9-3-1-2-8(6-9)4-5-21-18-14-10-7-11-13-12(10)15(18)17(13)19(21,22)16(11)14/h1-3,6,10-18,22H,4-5,7H2/t10-,11-,12+,13+,14-,15-,16+,17+,18+,19-/m0/s1. The normalized spacial score (nSPS) is 60.9. The summed E-state index contributed by atoms with van der Waals surface area (Å²) in [6.07, 6.45) is 2.29. The number of nitrogens with zero attached hydrogens (tertiary/aromatic N) is 1. The number of halogens is 1. The molecule has 114 valence electrons. The van der Waals surface area contributed by atoms with Crippen molar-refractivity contribution in [3.8, 4) is 0 Å². The highest BCUT2D eigenvalue weighted by Crippen LogP contribution is 2.90. The van der Waals surface area contributed by atoms with E-state index in [1.807, 2.05) is 6.07 Å². The molecule has 0 spiro atoms. The van der Waals surface area contributed by atoms with Gasteiger partial charge in [0.15, 0.2) is 0 Å². The van der Waals surface area contributed by atoms with Gasteiger partial charge in [0, 0.05) is 24.4 Å². The van der Waals surface area contributed by atoms with Crippen molar-refractivity contribution in [3.63, 3.8) is 0 Å². The summed E-state index contributed by atoms with van der Waals surface area (Å²) in [5, 5.41) is 11.6. The number of hydrogen-bond donors (Lipinski definition) is 1. The molecule has 0 unspecified atom stereocenters. The zero-order valence-electron chi connectivity index (χ0n) is 12.4. The van der Waals surface area contributed by atoms with Gasteiger partial charge in [-0.2, -0.15) is 0 Å². The molecule has 2 nitrogen and oxygen atoms in total. The fourth-order valence-corrected chi connectivity index (χ4v) is 8.81.